The molecule has 1 atom stereocenters. The normalized spacial score (nSPS) is 19.6. The summed E-state index contributed by atoms with van der Waals surface area (Å²) in [5.41, 5.74) is 0.943. The maximum Gasteiger partial charge on any atom is 0.253 e. The Kier molecular flexibility index (Phi) is 4.42. The number of ether oxygens (including phenoxy) is 1. The van der Waals surface area contributed by atoms with Crippen LogP contribution < -0.4 is 10.5 Å². The lowest BCUT2D eigenvalue weighted by molar-refractivity contribution is -0.129. The van der Waals surface area contributed by atoms with Gasteiger partial charge >= 0.3 is 0 Å². The third-order valence-corrected chi connectivity index (χ3v) is 4.29. The highest BCUT2D eigenvalue weighted by atomic mass is 32.2. The summed E-state index contributed by atoms with van der Waals surface area (Å²) in [6, 6.07) is 4.62. The third-order valence-electron chi connectivity index (χ3n) is 3.23. The average Bonchev–Trinajstić information content (AvgIpc) is 2.40. The van der Waals surface area contributed by atoms with Crippen LogP contribution in [-0.2, 0) is 19.6 Å². The largest absolute Gasteiger partial charge is 0.368 e. The molecule has 0 saturated carbocycles. The number of nitrogens with one attached hydrogen (secondary N) is 1. The molecule has 7 heteroatoms. The molecule has 0 bridgehead atoms. The van der Waals surface area contributed by atoms with E-state index in [4.69, 9.17) is 9.88 Å². The van der Waals surface area contributed by atoms with Gasteiger partial charge in [0.15, 0.2) is 0 Å². The number of aryl methyl sites for hydroxylation is 1. The Labute approximate surface area is 118 Å². The molecule has 3 N–H and O–H groups in total. The number of anilines is 1. The maximum atomic E-state index is 12.0. The molecule has 1 unspecified atom stereocenters. The van der Waals surface area contributed by atoms with E-state index in [2.05, 4.69) is 5.32 Å². The van der Waals surface area contributed by atoms with Crippen LogP contribution in [0.4, 0.5) is 5.69 Å². The van der Waals surface area contributed by atoms with Crippen LogP contribution in [0.2, 0.25) is 0 Å². The van der Waals surface area contributed by atoms with Crippen LogP contribution in [0.5, 0.6) is 0 Å². The number of benzene rings is 1. The molecule has 1 saturated heterocycles. The first kappa shape index (κ1) is 15.0. The molecule has 1 fully saturated rings. The Morgan fingerprint density at radius 1 is 1.40 bits per heavy atom. The van der Waals surface area contributed by atoms with Crippen LogP contribution in [0.25, 0.3) is 0 Å². The minimum Gasteiger partial charge on any atom is -0.368 e. The van der Waals surface area contributed by atoms with E-state index in [0.717, 1.165) is 12.8 Å². The molecule has 1 aliphatic rings. The molecule has 0 spiro atoms. The van der Waals surface area contributed by atoms with Gasteiger partial charge in [-0.05, 0) is 43.9 Å². The molecule has 0 aromatic heterocycles. The van der Waals surface area contributed by atoms with E-state index >= 15 is 0 Å². The zero-order chi connectivity index (χ0) is 14.8. The predicted molar refractivity (Wildman–Crippen MR) is 74.8 cm³/mol. The third kappa shape index (κ3) is 3.56. The number of primary sulfonamides is 1. The highest BCUT2D eigenvalue weighted by molar-refractivity contribution is 7.89. The number of hydrogen-bond donors (Lipinski definition) is 2. The highest BCUT2D eigenvalue weighted by Crippen LogP contribution is 2.20. The van der Waals surface area contributed by atoms with Gasteiger partial charge in [-0.1, -0.05) is 6.07 Å². The van der Waals surface area contributed by atoms with E-state index in [9.17, 15) is 13.2 Å². The number of sulfonamides is 1. The SMILES string of the molecule is Cc1ccc(NC(=O)C2CCCCO2)cc1S(N)(=O)=O. The summed E-state index contributed by atoms with van der Waals surface area (Å²) in [6.45, 7) is 2.23. The van der Waals surface area contributed by atoms with Crippen molar-refractivity contribution >= 4 is 21.6 Å². The van der Waals surface area contributed by atoms with Gasteiger partial charge in [-0.3, -0.25) is 4.79 Å². The smallest absolute Gasteiger partial charge is 0.253 e. The van der Waals surface area contributed by atoms with Gasteiger partial charge in [0.25, 0.3) is 5.91 Å². The predicted octanol–water partition coefficient (Wildman–Crippen LogP) is 1.15. The van der Waals surface area contributed by atoms with Crippen molar-refractivity contribution in [2.45, 2.75) is 37.2 Å². The van der Waals surface area contributed by atoms with Crippen molar-refractivity contribution in [3.8, 4) is 0 Å². The Hall–Kier alpha value is -1.44. The lowest BCUT2D eigenvalue weighted by atomic mass is 10.1. The number of carbonyl (C=O) groups is 1. The van der Waals surface area contributed by atoms with Crippen LogP contribution >= 0.6 is 0 Å². The van der Waals surface area contributed by atoms with Crippen LogP contribution in [0.1, 0.15) is 24.8 Å². The Bertz CT molecular complexity index is 607. The molecule has 1 aromatic rings. The van der Waals surface area contributed by atoms with Gasteiger partial charge in [-0.2, -0.15) is 0 Å². The maximum absolute atomic E-state index is 12.0. The van der Waals surface area contributed by atoms with Gasteiger partial charge < -0.3 is 10.1 Å². The molecule has 110 valence electrons. The van der Waals surface area contributed by atoms with Gasteiger partial charge in [0.2, 0.25) is 10.0 Å². The van der Waals surface area contributed by atoms with Crippen molar-refractivity contribution in [2.24, 2.45) is 5.14 Å². The van der Waals surface area contributed by atoms with E-state index in [1.165, 1.54) is 6.07 Å². The molecule has 1 aliphatic heterocycles. The van der Waals surface area contributed by atoms with Gasteiger partial charge in [0.05, 0.1) is 4.90 Å². The summed E-state index contributed by atoms with van der Waals surface area (Å²) >= 11 is 0. The topological polar surface area (TPSA) is 98.5 Å². The summed E-state index contributed by atoms with van der Waals surface area (Å²) in [6.07, 6.45) is 2.13. The first-order valence-electron chi connectivity index (χ1n) is 6.44. The van der Waals surface area contributed by atoms with Crippen molar-refractivity contribution in [3.05, 3.63) is 23.8 Å². The first-order valence-corrected chi connectivity index (χ1v) is 7.98. The molecule has 0 radical (unpaired) electrons. The van der Waals surface area contributed by atoms with Crippen molar-refractivity contribution in [3.63, 3.8) is 0 Å². The molecule has 6 nitrogen and oxygen atoms in total. The van der Waals surface area contributed by atoms with Gasteiger partial charge in [-0.15, -0.1) is 0 Å². The van der Waals surface area contributed by atoms with Gasteiger partial charge in [-0.25, -0.2) is 13.6 Å². The second-order valence-corrected chi connectivity index (χ2v) is 6.40. The quantitative estimate of drug-likeness (QED) is 0.874. The summed E-state index contributed by atoms with van der Waals surface area (Å²) in [4.78, 5) is 12.0. The average molecular weight is 298 g/mol. The first-order chi connectivity index (χ1) is 9.38. The van der Waals surface area contributed by atoms with Gasteiger partial charge in [0, 0.05) is 12.3 Å². The van der Waals surface area contributed by atoms with Crippen LogP contribution in [0.15, 0.2) is 23.1 Å². The lowest BCUT2D eigenvalue weighted by Crippen LogP contribution is -2.33. The molecule has 1 heterocycles. The van der Waals surface area contributed by atoms with Crippen LogP contribution in [-0.4, -0.2) is 27.0 Å². The molecule has 1 amide bonds. The summed E-state index contributed by atoms with van der Waals surface area (Å²) in [5.74, 6) is -0.256. The fourth-order valence-corrected chi connectivity index (χ4v) is 2.96. The van der Waals surface area contributed by atoms with Crippen molar-refractivity contribution in [1.29, 1.82) is 0 Å². The summed E-state index contributed by atoms with van der Waals surface area (Å²) < 4.78 is 28.2. The van der Waals surface area contributed by atoms with E-state index in [0.29, 0.717) is 24.3 Å². The van der Waals surface area contributed by atoms with Gasteiger partial charge in [0.1, 0.15) is 6.10 Å². The van der Waals surface area contributed by atoms with Crippen molar-refractivity contribution in [2.75, 3.05) is 11.9 Å². The van der Waals surface area contributed by atoms with Crippen LogP contribution in [0, 0.1) is 6.92 Å². The monoisotopic (exact) mass is 298 g/mol. The molecular formula is C13H18N2O4S. The minimum atomic E-state index is -3.80. The zero-order valence-corrected chi connectivity index (χ0v) is 12.1. The van der Waals surface area contributed by atoms with Crippen LogP contribution in [0.3, 0.4) is 0 Å². The van der Waals surface area contributed by atoms with E-state index in [1.807, 2.05) is 0 Å². The van der Waals surface area contributed by atoms with E-state index in [-0.39, 0.29) is 10.8 Å². The summed E-state index contributed by atoms with van der Waals surface area (Å²) in [5, 5.41) is 7.80. The Balaban J connectivity index is 2.15. The fraction of sp³-hybridized carbons (Fsp3) is 0.462. The Morgan fingerprint density at radius 2 is 2.15 bits per heavy atom. The Morgan fingerprint density at radius 3 is 2.75 bits per heavy atom. The van der Waals surface area contributed by atoms with Crippen molar-refractivity contribution < 1.29 is 17.9 Å². The number of carbonyl (C=O) groups excluding carboxylic acids is 1. The zero-order valence-electron chi connectivity index (χ0n) is 11.3. The van der Waals surface area contributed by atoms with E-state index < -0.39 is 16.1 Å². The standard InChI is InChI=1S/C13H18N2O4S/c1-9-5-6-10(8-12(9)20(14,17)18)15-13(16)11-4-2-3-7-19-11/h5-6,8,11H,2-4,7H2,1H3,(H,15,16)(H2,14,17,18). The second kappa shape index (κ2) is 5.90. The molecule has 0 aliphatic carbocycles. The molecule has 20 heavy (non-hydrogen) atoms. The van der Waals surface area contributed by atoms with Crippen molar-refractivity contribution in [1.82, 2.24) is 0 Å². The molecular weight excluding hydrogens is 280 g/mol. The second-order valence-electron chi connectivity index (χ2n) is 4.87. The number of nitrogens with two attached hydrogens (primary N) is 1. The minimum absolute atomic E-state index is 0.0138. The fourth-order valence-electron chi connectivity index (χ4n) is 2.15. The number of rotatable bonds is 3. The lowest BCUT2D eigenvalue weighted by Gasteiger charge is -2.21. The number of hydrogen-bond acceptors (Lipinski definition) is 4. The molecule has 2 rings (SSSR count). The molecule has 1 aromatic carbocycles. The highest BCUT2D eigenvalue weighted by Gasteiger charge is 2.22. The summed E-state index contributed by atoms with van der Waals surface area (Å²) in [7, 11) is -3.80. The van der Waals surface area contributed by atoms with E-state index in [1.54, 1.807) is 19.1 Å². The number of amides is 1.